The van der Waals surface area contributed by atoms with Crippen LogP contribution in [0.2, 0.25) is 0 Å². The highest BCUT2D eigenvalue weighted by Crippen LogP contribution is 2.15. The third-order valence-corrected chi connectivity index (χ3v) is 2.72. The zero-order valence-electron chi connectivity index (χ0n) is 11.2. The number of aromatic nitrogens is 3. The molecule has 110 valence electrons. The molecular weight excluding hydrogens is 274 g/mol. The summed E-state index contributed by atoms with van der Waals surface area (Å²) in [7, 11) is 0. The molecule has 8 nitrogen and oxygen atoms in total. The molecule has 4 N–H and O–H groups in total. The van der Waals surface area contributed by atoms with Crippen molar-refractivity contribution in [3.8, 4) is 0 Å². The number of benzene rings is 1. The van der Waals surface area contributed by atoms with Crippen molar-refractivity contribution in [2.75, 3.05) is 11.9 Å². The summed E-state index contributed by atoms with van der Waals surface area (Å²) in [6.45, 7) is 0.391. The number of hydrogen-bond donors (Lipinski definition) is 4. The highest BCUT2D eigenvalue weighted by Gasteiger charge is 2.09. The molecule has 21 heavy (non-hydrogen) atoms. The van der Waals surface area contributed by atoms with Gasteiger partial charge in [-0.2, -0.15) is 5.10 Å². The summed E-state index contributed by atoms with van der Waals surface area (Å²) in [6, 6.07) is 6.39. The van der Waals surface area contributed by atoms with Crippen LogP contribution in [0.4, 0.5) is 10.5 Å². The van der Waals surface area contributed by atoms with Crippen LogP contribution in [0.5, 0.6) is 0 Å². The summed E-state index contributed by atoms with van der Waals surface area (Å²) in [6.07, 6.45) is 1.79. The van der Waals surface area contributed by atoms with Crippen LogP contribution in [0.1, 0.15) is 11.4 Å². The maximum Gasteiger partial charge on any atom is 0.319 e. The van der Waals surface area contributed by atoms with E-state index in [1.54, 1.807) is 24.3 Å². The first-order valence-electron chi connectivity index (χ1n) is 6.34. The van der Waals surface area contributed by atoms with Crippen molar-refractivity contribution in [1.82, 2.24) is 20.5 Å². The number of H-pyrrole nitrogens is 1. The molecule has 0 atom stereocenters. The molecular formula is C13H15N5O3. The average molecular weight is 289 g/mol. The van der Waals surface area contributed by atoms with Crippen molar-refractivity contribution < 1.29 is 14.7 Å². The summed E-state index contributed by atoms with van der Waals surface area (Å²) in [5.74, 6) is -0.267. The Balaban J connectivity index is 1.86. The molecule has 1 heterocycles. The Bertz CT molecular complexity index is 612. The lowest BCUT2D eigenvalue weighted by Crippen LogP contribution is -2.31. The number of para-hydroxylation sites is 1. The van der Waals surface area contributed by atoms with Gasteiger partial charge in [0.15, 0.2) is 0 Å². The van der Waals surface area contributed by atoms with Gasteiger partial charge in [-0.1, -0.05) is 18.2 Å². The molecule has 0 aliphatic rings. The highest BCUT2D eigenvalue weighted by atomic mass is 16.4. The van der Waals surface area contributed by atoms with Crippen molar-refractivity contribution in [2.45, 2.75) is 12.8 Å². The van der Waals surface area contributed by atoms with E-state index in [4.69, 9.17) is 5.11 Å². The number of aliphatic carboxylic acids is 1. The standard InChI is InChI=1S/C13H15N5O3/c19-12(20)7-9-3-1-2-4-10(9)17-13(21)14-6-5-11-15-8-16-18-11/h1-4,8H,5-7H2,(H,19,20)(H2,14,17,21)(H,15,16,18). The van der Waals surface area contributed by atoms with Gasteiger partial charge in [-0.25, -0.2) is 9.78 Å². The Morgan fingerprint density at radius 1 is 1.29 bits per heavy atom. The number of aromatic amines is 1. The number of nitrogens with one attached hydrogen (secondary N) is 3. The molecule has 0 spiro atoms. The summed E-state index contributed by atoms with van der Waals surface area (Å²) in [4.78, 5) is 26.5. The topological polar surface area (TPSA) is 120 Å². The van der Waals surface area contributed by atoms with Gasteiger partial charge in [0, 0.05) is 18.7 Å². The van der Waals surface area contributed by atoms with Gasteiger partial charge in [0.2, 0.25) is 0 Å². The van der Waals surface area contributed by atoms with Crippen LogP contribution >= 0.6 is 0 Å². The molecule has 2 rings (SSSR count). The minimum absolute atomic E-state index is 0.144. The molecule has 0 aliphatic carbocycles. The molecule has 2 aromatic rings. The van der Waals surface area contributed by atoms with E-state index < -0.39 is 12.0 Å². The van der Waals surface area contributed by atoms with Crippen LogP contribution in [0.25, 0.3) is 0 Å². The minimum atomic E-state index is -0.949. The fourth-order valence-electron chi connectivity index (χ4n) is 1.77. The normalized spacial score (nSPS) is 10.1. The second-order valence-corrected chi connectivity index (χ2v) is 4.29. The van der Waals surface area contributed by atoms with Crippen molar-refractivity contribution in [2.24, 2.45) is 0 Å². The van der Waals surface area contributed by atoms with E-state index in [1.165, 1.54) is 6.33 Å². The van der Waals surface area contributed by atoms with Gasteiger partial charge in [0.05, 0.1) is 6.42 Å². The van der Waals surface area contributed by atoms with E-state index in [9.17, 15) is 9.59 Å². The molecule has 8 heteroatoms. The van der Waals surface area contributed by atoms with Gasteiger partial charge in [-0.15, -0.1) is 0 Å². The Hall–Kier alpha value is -2.90. The molecule has 0 saturated heterocycles. The monoisotopic (exact) mass is 289 g/mol. The molecule has 1 aromatic carbocycles. The predicted octanol–water partition coefficient (Wildman–Crippen LogP) is 0.796. The predicted molar refractivity (Wildman–Crippen MR) is 74.9 cm³/mol. The van der Waals surface area contributed by atoms with Gasteiger partial charge in [0.25, 0.3) is 0 Å². The SMILES string of the molecule is O=C(O)Cc1ccccc1NC(=O)NCCc1ncn[nH]1. The number of hydrogen-bond acceptors (Lipinski definition) is 4. The second kappa shape index (κ2) is 7.04. The highest BCUT2D eigenvalue weighted by molar-refractivity contribution is 5.90. The van der Waals surface area contributed by atoms with Crippen LogP contribution in [0.3, 0.4) is 0 Å². The molecule has 0 radical (unpaired) electrons. The molecule has 0 fully saturated rings. The van der Waals surface area contributed by atoms with E-state index in [0.29, 0.717) is 30.0 Å². The van der Waals surface area contributed by atoms with Crippen LogP contribution in [0, 0.1) is 0 Å². The molecule has 0 bridgehead atoms. The zero-order chi connectivity index (χ0) is 15.1. The van der Waals surface area contributed by atoms with Crippen molar-refractivity contribution in [1.29, 1.82) is 0 Å². The number of carbonyl (C=O) groups is 2. The first kappa shape index (κ1) is 14.5. The van der Waals surface area contributed by atoms with Gasteiger partial charge < -0.3 is 15.7 Å². The van der Waals surface area contributed by atoms with E-state index in [-0.39, 0.29) is 6.42 Å². The van der Waals surface area contributed by atoms with Crippen LogP contribution in [-0.4, -0.2) is 38.8 Å². The van der Waals surface area contributed by atoms with Crippen molar-refractivity contribution >= 4 is 17.7 Å². The molecule has 0 saturated carbocycles. The lowest BCUT2D eigenvalue weighted by atomic mass is 10.1. The minimum Gasteiger partial charge on any atom is -0.481 e. The zero-order valence-corrected chi connectivity index (χ0v) is 11.2. The number of urea groups is 1. The smallest absolute Gasteiger partial charge is 0.319 e. The summed E-state index contributed by atoms with van der Waals surface area (Å²) in [5, 5.41) is 20.5. The first-order chi connectivity index (χ1) is 10.1. The second-order valence-electron chi connectivity index (χ2n) is 4.29. The van der Waals surface area contributed by atoms with Crippen LogP contribution in [-0.2, 0) is 17.6 Å². The Morgan fingerprint density at radius 3 is 2.81 bits per heavy atom. The number of anilines is 1. The molecule has 0 unspecified atom stereocenters. The maximum absolute atomic E-state index is 11.8. The van der Waals surface area contributed by atoms with Gasteiger partial charge >= 0.3 is 12.0 Å². The fourth-order valence-corrected chi connectivity index (χ4v) is 1.77. The van der Waals surface area contributed by atoms with Crippen LogP contribution in [0.15, 0.2) is 30.6 Å². The summed E-state index contributed by atoms with van der Waals surface area (Å²) >= 11 is 0. The third kappa shape index (κ3) is 4.60. The number of carboxylic acid groups (broad SMARTS) is 1. The van der Waals surface area contributed by atoms with E-state index >= 15 is 0 Å². The van der Waals surface area contributed by atoms with E-state index in [2.05, 4.69) is 25.8 Å². The number of nitrogens with zero attached hydrogens (tertiary/aromatic N) is 2. The molecule has 0 aliphatic heterocycles. The van der Waals surface area contributed by atoms with Gasteiger partial charge in [0.1, 0.15) is 12.2 Å². The average Bonchev–Trinajstić information content (AvgIpc) is 2.93. The van der Waals surface area contributed by atoms with Gasteiger partial charge in [-0.3, -0.25) is 9.89 Å². The molecule has 2 amide bonds. The van der Waals surface area contributed by atoms with E-state index in [0.717, 1.165) is 0 Å². The summed E-state index contributed by atoms with van der Waals surface area (Å²) < 4.78 is 0. The lowest BCUT2D eigenvalue weighted by Gasteiger charge is -2.10. The van der Waals surface area contributed by atoms with Crippen LogP contribution < -0.4 is 10.6 Å². The number of amides is 2. The summed E-state index contributed by atoms with van der Waals surface area (Å²) in [5.41, 5.74) is 1.03. The quantitative estimate of drug-likeness (QED) is 0.627. The largest absolute Gasteiger partial charge is 0.481 e. The lowest BCUT2D eigenvalue weighted by molar-refractivity contribution is -0.136. The third-order valence-electron chi connectivity index (χ3n) is 2.72. The number of carboxylic acids is 1. The van der Waals surface area contributed by atoms with Crippen molar-refractivity contribution in [3.05, 3.63) is 42.0 Å². The number of carbonyl (C=O) groups excluding carboxylic acids is 1. The fraction of sp³-hybridized carbons (Fsp3) is 0.231. The number of rotatable bonds is 6. The first-order valence-corrected chi connectivity index (χ1v) is 6.34. The Morgan fingerprint density at radius 2 is 2.10 bits per heavy atom. The Labute approximate surface area is 120 Å². The Kier molecular flexibility index (Phi) is 4.86. The maximum atomic E-state index is 11.8. The van der Waals surface area contributed by atoms with Crippen molar-refractivity contribution in [3.63, 3.8) is 0 Å². The van der Waals surface area contributed by atoms with E-state index in [1.807, 2.05) is 0 Å². The van der Waals surface area contributed by atoms with Gasteiger partial charge in [-0.05, 0) is 11.6 Å². The molecule has 1 aromatic heterocycles.